The van der Waals surface area contributed by atoms with E-state index in [1.54, 1.807) is 19.2 Å². The van der Waals surface area contributed by atoms with Crippen molar-refractivity contribution in [3.63, 3.8) is 0 Å². The smallest absolute Gasteiger partial charge is 0.217 e. The van der Waals surface area contributed by atoms with Crippen LogP contribution in [0.4, 0.5) is 0 Å². The summed E-state index contributed by atoms with van der Waals surface area (Å²) in [6.07, 6.45) is 1.64. The largest absolute Gasteiger partial charge is 0.438 e. The quantitative estimate of drug-likeness (QED) is 0.538. The molecule has 0 aromatic rings. The molecule has 0 N–H and O–H groups in total. The molecule has 0 aromatic carbocycles. The maximum Gasteiger partial charge on any atom is 0.217 e. The molecule has 0 saturated carbocycles. The third kappa shape index (κ3) is 0.655. The molecule has 2 rings (SSSR count). The number of rotatable bonds is 0. The fraction of sp³-hybridized carbons (Fsp3) is 0.167. The van der Waals surface area contributed by atoms with E-state index in [1.807, 2.05) is 0 Å². The van der Waals surface area contributed by atoms with Crippen molar-refractivity contribution in [3.8, 4) is 11.6 Å². The van der Waals surface area contributed by atoms with Gasteiger partial charge in [-0.1, -0.05) is 0 Å². The molecule has 0 saturated heterocycles. The first-order valence-electron chi connectivity index (χ1n) is 2.91. The molecule has 50 valence electrons. The van der Waals surface area contributed by atoms with E-state index >= 15 is 0 Å². The summed E-state index contributed by atoms with van der Waals surface area (Å²) in [5, 5.41) is 7.49. The highest BCUT2D eigenvalue weighted by Gasteiger charge is 2.06. The van der Waals surface area contributed by atoms with Gasteiger partial charge in [0, 0.05) is 19.2 Å². The van der Waals surface area contributed by atoms with Gasteiger partial charge in [0.15, 0.2) is 5.76 Å². The predicted molar refractivity (Wildman–Crippen MR) is 33.5 cm³/mol. The van der Waals surface area contributed by atoms with Gasteiger partial charge in [-0.2, -0.15) is 0 Å². The van der Waals surface area contributed by atoms with Crippen LogP contribution in [0.1, 0.15) is 5.89 Å². The second-order valence-electron chi connectivity index (χ2n) is 1.95. The first-order valence-corrected chi connectivity index (χ1v) is 2.91. The topological polar surface area (TPSA) is 51.8 Å². The van der Waals surface area contributed by atoms with Gasteiger partial charge in [0.05, 0.1) is 0 Å². The molecule has 0 spiro atoms. The van der Waals surface area contributed by atoms with Crippen molar-refractivity contribution in [3.05, 3.63) is 18.2 Å². The molecule has 0 atom stereocenters. The van der Waals surface area contributed by atoms with Crippen molar-refractivity contribution in [1.29, 1.82) is 0 Å². The van der Waals surface area contributed by atoms with Gasteiger partial charge < -0.3 is 4.42 Å². The molecule has 0 amide bonds. The van der Waals surface area contributed by atoms with Gasteiger partial charge in [0.1, 0.15) is 0 Å². The Balaban J connectivity index is 2.75. The van der Waals surface area contributed by atoms with Crippen molar-refractivity contribution in [2.75, 3.05) is 0 Å². The van der Waals surface area contributed by atoms with E-state index in [0.717, 1.165) is 0 Å². The number of fused-ring (bicyclic) bond motifs is 1. The second-order valence-corrected chi connectivity index (χ2v) is 1.95. The number of nitrogens with zero attached hydrogens (tertiary/aromatic N) is 3. The minimum atomic E-state index is 0.556. The van der Waals surface area contributed by atoms with E-state index in [9.17, 15) is 0 Å². The Kier molecular flexibility index (Phi) is 0.943. The molecule has 10 heavy (non-hydrogen) atoms. The molecular formula is C6H5N3O. The number of aromatic nitrogens is 3. The Hall–Kier alpha value is -1.45. The van der Waals surface area contributed by atoms with Crippen LogP contribution in [0.15, 0.2) is 16.7 Å². The highest BCUT2D eigenvalue weighted by molar-refractivity contribution is 5.46. The Morgan fingerprint density at radius 2 is 2.30 bits per heavy atom. The zero-order chi connectivity index (χ0) is 6.97. The zero-order valence-corrected chi connectivity index (χ0v) is 5.40. The molecule has 2 aliphatic heterocycles. The summed E-state index contributed by atoms with van der Waals surface area (Å²) in [4.78, 5) is 3.89. The Morgan fingerprint density at radius 1 is 1.40 bits per heavy atom. The lowest BCUT2D eigenvalue weighted by Crippen LogP contribution is -1.89. The van der Waals surface area contributed by atoms with Gasteiger partial charge in [0.2, 0.25) is 11.7 Å². The summed E-state index contributed by atoms with van der Waals surface area (Å²) >= 11 is 0. The van der Waals surface area contributed by atoms with Gasteiger partial charge in [-0.25, -0.2) is 4.98 Å². The van der Waals surface area contributed by atoms with Crippen LogP contribution < -0.4 is 0 Å². The SMILES string of the molecule is Cc1nnc2nccc-2o1. The molecule has 0 unspecified atom stereocenters. The molecule has 4 nitrogen and oxygen atoms in total. The monoisotopic (exact) mass is 135 g/mol. The van der Waals surface area contributed by atoms with Crippen molar-refractivity contribution in [2.45, 2.75) is 6.92 Å². The fourth-order valence-corrected chi connectivity index (χ4v) is 0.766. The predicted octanol–water partition coefficient (Wildman–Crippen LogP) is 0.878. The second kappa shape index (κ2) is 1.76. The van der Waals surface area contributed by atoms with Crippen LogP contribution in [0.25, 0.3) is 11.6 Å². The molecule has 0 aliphatic carbocycles. The van der Waals surface area contributed by atoms with Gasteiger partial charge >= 0.3 is 0 Å². The van der Waals surface area contributed by atoms with Crippen molar-refractivity contribution in [2.24, 2.45) is 0 Å². The average Bonchev–Trinajstić information content (AvgIpc) is 2.33. The van der Waals surface area contributed by atoms with Crippen LogP contribution in [0, 0.1) is 6.92 Å². The summed E-state index contributed by atoms with van der Waals surface area (Å²) in [5.74, 6) is 1.80. The third-order valence-corrected chi connectivity index (χ3v) is 1.19. The van der Waals surface area contributed by atoms with E-state index in [2.05, 4.69) is 15.2 Å². The summed E-state index contributed by atoms with van der Waals surface area (Å²) in [7, 11) is 0. The maximum atomic E-state index is 5.17. The number of hydrogen-bond donors (Lipinski definition) is 0. The fourth-order valence-electron chi connectivity index (χ4n) is 0.766. The Labute approximate surface area is 57.3 Å². The highest BCUT2D eigenvalue weighted by atomic mass is 16.3. The van der Waals surface area contributed by atoms with Crippen molar-refractivity contribution >= 4 is 0 Å². The van der Waals surface area contributed by atoms with Crippen LogP contribution in [0.2, 0.25) is 0 Å². The molecular weight excluding hydrogens is 130 g/mol. The summed E-state index contributed by atoms with van der Waals surface area (Å²) in [5.41, 5.74) is 0. The average molecular weight is 135 g/mol. The summed E-state index contributed by atoms with van der Waals surface area (Å²) in [6, 6.07) is 1.76. The Bertz CT molecular complexity index is 317. The normalized spacial score (nSPS) is 10.5. The first kappa shape index (κ1) is 5.34. The van der Waals surface area contributed by atoms with Gasteiger partial charge in [-0.15, -0.1) is 10.2 Å². The molecule has 0 fully saturated rings. The first-order chi connectivity index (χ1) is 4.86. The van der Waals surface area contributed by atoms with E-state index in [0.29, 0.717) is 17.5 Å². The van der Waals surface area contributed by atoms with Gasteiger partial charge in [-0.05, 0) is 0 Å². The van der Waals surface area contributed by atoms with Crippen LogP contribution in [-0.2, 0) is 0 Å². The van der Waals surface area contributed by atoms with E-state index < -0.39 is 0 Å². The van der Waals surface area contributed by atoms with Gasteiger partial charge in [0.25, 0.3) is 0 Å². The summed E-state index contributed by atoms with van der Waals surface area (Å²) in [6.45, 7) is 1.75. The zero-order valence-electron chi connectivity index (χ0n) is 5.40. The number of aryl methyl sites for hydroxylation is 1. The lowest BCUT2D eigenvalue weighted by Gasteiger charge is -1.93. The molecule has 2 aliphatic rings. The van der Waals surface area contributed by atoms with Gasteiger partial charge in [-0.3, -0.25) is 0 Å². The molecule has 4 heteroatoms. The van der Waals surface area contributed by atoms with Crippen LogP contribution in [0.3, 0.4) is 0 Å². The van der Waals surface area contributed by atoms with E-state index in [-0.39, 0.29) is 0 Å². The molecule has 0 bridgehead atoms. The lowest BCUT2D eigenvalue weighted by atomic mass is 10.5. The lowest BCUT2D eigenvalue weighted by molar-refractivity contribution is 0.485. The highest BCUT2D eigenvalue weighted by Crippen LogP contribution is 2.15. The van der Waals surface area contributed by atoms with Crippen LogP contribution >= 0.6 is 0 Å². The number of hydrogen-bond acceptors (Lipinski definition) is 4. The van der Waals surface area contributed by atoms with E-state index in [1.165, 1.54) is 0 Å². The molecule has 0 radical (unpaired) electrons. The minimum absolute atomic E-state index is 0.556. The maximum absolute atomic E-state index is 5.17. The Morgan fingerprint density at radius 3 is 3.20 bits per heavy atom. The van der Waals surface area contributed by atoms with Crippen LogP contribution in [-0.4, -0.2) is 15.2 Å². The third-order valence-electron chi connectivity index (χ3n) is 1.19. The summed E-state index contributed by atoms with van der Waals surface area (Å²) < 4.78 is 5.17. The van der Waals surface area contributed by atoms with Crippen molar-refractivity contribution < 1.29 is 4.42 Å². The van der Waals surface area contributed by atoms with E-state index in [4.69, 9.17) is 4.42 Å². The molecule has 0 aromatic heterocycles. The molecule has 2 heterocycles. The van der Waals surface area contributed by atoms with Crippen LogP contribution in [0.5, 0.6) is 0 Å². The van der Waals surface area contributed by atoms with Crippen molar-refractivity contribution in [1.82, 2.24) is 15.2 Å². The standard InChI is InChI=1S/C6H5N3O/c1-4-8-9-6-5(10-4)2-3-7-6/h2-3H,1H3. The minimum Gasteiger partial charge on any atom is -0.438 e.